The van der Waals surface area contributed by atoms with Crippen LogP contribution in [0.4, 0.5) is 5.13 Å². The molecular formula is C5H9ClN2S. The lowest BCUT2D eigenvalue weighted by Gasteiger charge is -2.04. The van der Waals surface area contributed by atoms with Gasteiger partial charge in [0.25, 0.3) is 0 Å². The number of aromatic nitrogens is 1. The zero-order chi connectivity index (χ0) is 5.98. The number of hydrogen-bond acceptors (Lipinski definition) is 3. The molecule has 4 heteroatoms. The average Bonchev–Trinajstić information content (AvgIpc) is 2.12. The van der Waals surface area contributed by atoms with E-state index in [1.807, 2.05) is 24.4 Å². The molecule has 9 heavy (non-hydrogen) atoms. The van der Waals surface area contributed by atoms with Crippen LogP contribution in [0.1, 0.15) is 0 Å². The molecule has 0 spiro atoms. The molecule has 0 saturated carbocycles. The third-order valence-electron chi connectivity index (χ3n) is 0.802. The Hall–Kier alpha value is -0.280. The Morgan fingerprint density at radius 1 is 1.56 bits per heavy atom. The summed E-state index contributed by atoms with van der Waals surface area (Å²) >= 11 is 1.65. The van der Waals surface area contributed by atoms with Crippen LogP contribution in [0.5, 0.6) is 0 Å². The van der Waals surface area contributed by atoms with Gasteiger partial charge in [-0.15, -0.1) is 23.7 Å². The number of thiazole rings is 1. The van der Waals surface area contributed by atoms with E-state index in [9.17, 15) is 0 Å². The van der Waals surface area contributed by atoms with Crippen LogP contribution in [0.3, 0.4) is 0 Å². The first-order chi connectivity index (χ1) is 3.80. The lowest BCUT2D eigenvalue weighted by Crippen LogP contribution is -2.07. The van der Waals surface area contributed by atoms with Gasteiger partial charge in [0.1, 0.15) is 0 Å². The predicted octanol–water partition coefficient (Wildman–Crippen LogP) is 1.63. The molecule has 0 bridgehead atoms. The Bertz CT molecular complexity index is 150. The molecule has 0 amide bonds. The number of anilines is 1. The Balaban J connectivity index is 0.000000640. The van der Waals surface area contributed by atoms with Crippen molar-refractivity contribution in [3.63, 3.8) is 0 Å². The molecule has 0 aliphatic rings. The molecule has 0 aliphatic heterocycles. The molecule has 0 radical (unpaired) electrons. The fourth-order valence-corrected chi connectivity index (χ4v) is 1.01. The van der Waals surface area contributed by atoms with E-state index in [1.54, 1.807) is 17.5 Å². The van der Waals surface area contributed by atoms with E-state index in [0.717, 1.165) is 5.13 Å². The Kier molecular flexibility index (Phi) is 3.58. The first-order valence-electron chi connectivity index (χ1n) is 2.37. The van der Waals surface area contributed by atoms with E-state index in [2.05, 4.69) is 4.98 Å². The van der Waals surface area contributed by atoms with Crippen LogP contribution in [0.25, 0.3) is 0 Å². The molecular weight excluding hydrogens is 156 g/mol. The fraction of sp³-hybridized carbons (Fsp3) is 0.400. The van der Waals surface area contributed by atoms with Crippen LogP contribution in [0.15, 0.2) is 11.6 Å². The molecule has 0 atom stereocenters. The molecule has 0 N–H and O–H groups in total. The van der Waals surface area contributed by atoms with Gasteiger partial charge < -0.3 is 4.90 Å². The van der Waals surface area contributed by atoms with Crippen molar-refractivity contribution in [1.82, 2.24) is 4.98 Å². The minimum atomic E-state index is 0. The predicted molar refractivity (Wildman–Crippen MR) is 43.7 cm³/mol. The molecule has 0 fully saturated rings. The zero-order valence-electron chi connectivity index (χ0n) is 5.37. The number of halogens is 1. The molecule has 2 nitrogen and oxygen atoms in total. The van der Waals surface area contributed by atoms with E-state index in [1.165, 1.54) is 0 Å². The van der Waals surface area contributed by atoms with Gasteiger partial charge in [0.05, 0.1) is 0 Å². The summed E-state index contributed by atoms with van der Waals surface area (Å²) in [4.78, 5) is 6.05. The van der Waals surface area contributed by atoms with E-state index in [-0.39, 0.29) is 12.4 Å². The molecule has 1 heterocycles. The lowest BCUT2D eigenvalue weighted by atomic mass is 10.9. The van der Waals surface area contributed by atoms with Crippen molar-refractivity contribution in [2.75, 3.05) is 19.0 Å². The molecule has 0 unspecified atom stereocenters. The maximum Gasteiger partial charge on any atom is 0.184 e. The van der Waals surface area contributed by atoms with Crippen molar-refractivity contribution in [3.8, 4) is 0 Å². The van der Waals surface area contributed by atoms with Gasteiger partial charge in [-0.3, -0.25) is 0 Å². The van der Waals surface area contributed by atoms with E-state index in [4.69, 9.17) is 0 Å². The largest absolute Gasteiger partial charge is 0.354 e. The van der Waals surface area contributed by atoms with Gasteiger partial charge in [-0.1, -0.05) is 0 Å². The zero-order valence-corrected chi connectivity index (χ0v) is 7.00. The van der Waals surface area contributed by atoms with Crippen LogP contribution in [-0.2, 0) is 0 Å². The summed E-state index contributed by atoms with van der Waals surface area (Å²) in [5.74, 6) is 0. The molecule has 52 valence electrons. The molecule has 0 aliphatic carbocycles. The van der Waals surface area contributed by atoms with Crippen LogP contribution >= 0.6 is 23.7 Å². The van der Waals surface area contributed by atoms with E-state index in [0.29, 0.717) is 0 Å². The van der Waals surface area contributed by atoms with Crippen molar-refractivity contribution in [1.29, 1.82) is 0 Å². The quantitative estimate of drug-likeness (QED) is 0.628. The second kappa shape index (κ2) is 3.69. The molecule has 1 aromatic rings. The highest BCUT2D eigenvalue weighted by Gasteiger charge is 1.92. The molecule has 0 saturated heterocycles. The van der Waals surface area contributed by atoms with Crippen molar-refractivity contribution in [3.05, 3.63) is 11.6 Å². The number of rotatable bonds is 1. The van der Waals surface area contributed by atoms with Gasteiger partial charge in [0, 0.05) is 25.7 Å². The highest BCUT2D eigenvalue weighted by molar-refractivity contribution is 7.13. The smallest absolute Gasteiger partial charge is 0.184 e. The summed E-state index contributed by atoms with van der Waals surface area (Å²) in [5, 5.41) is 3.03. The summed E-state index contributed by atoms with van der Waals surface area (Å²) in [6.45, 7) is 0. The Morgan fingerprint density at radius 3 is 2.44 bits per heavy atom. The molecule has 0 aromatic carbocycles. The van der Waals surface area contributed by atoms with Gasteiger partial charge >= 0.3 is 0 Å². The van der Waals surface area contributed by atoms with Crippen LogP contribution in [0, 0.1) is 0 Å². The highest BCUT2D eigenvalue weighted by atomic mass is 35.5. The van der Waals surface area contributed by atoms with Gasteiger partial charge in [-0.05, 0) is 0 Å². The van der Waals surface area contributed by atoms with Crippen LogP contribution in [0.2, 0.25) is 0 Å². The Morgan fingerprint density at radius 2 is 2.22 bits per heavy atom. The van der Waals surface area contributed by atoms with Crippen molar-refractivity contribution >= 4 is 28.9 Å². The van der Waals surface area contributed by atoms with E-state index < -0.39 is 0 Å². The third kappa shape index (κ3) is 2.20. The Labute approximate surface area is 64.9 Å². The van der Waals surface area contributed by atoms with Gasteiger partial charge in [0.15, 0.2) is 5.13 Å². The summed E-state index contributed by atoms with van der Waals surface area (Å²) in [6, 6.07) is 0. The molecule has 1 aromatic heterocycles. The summed E-state index contributed by atoms with van der Waals surface area (Å²) in [7, 11) is 3.97. The maximum absolute atomic E-state index is 4.06. The van der Waals surface area contributed by atoms with Gasteiger partial charge in [-0.2, -0.15) is 0 Å². The summed E-state index contributed by atoms with van der Waals surface area (Å²) in [5.41, 5.74) is 0. The first kappa shape index (κ1) is 8.72. The van der Waals surface area contributed by atoms with E-state index >= 15 is 0 Å². The second-order valence-corrected chi connectivity index (χ2v) is 2.58. The van der Waals surface area contributed by atoms with Crippen molar-refractivity contribution in [2.24, 2.45) is 0 Å². The van der Waals surface area contributed by atoms with Crippen molar-refractivity contribution in [2.45, 2.75) is 0 Å². The topological polar surface area (TPSA) is 16.1 Å². The summed E-state index contributed by atoms with van der Waals surface area (Å²) < 4.78 is 0. The van der Waals surface area contributed by atoms with Crippen LogP contribution in [-0.4, -0.2) is 19.1 Å². The van der Waals surface area contributed by atoms with Crippen molar-refractivity contribution < 1.29 is 0 Å². The normalized spacial score (nSPS) is 8.22. The standard InChI is InChI=1S/C5H8N2S.ClH/c1-7(2)5-6-3-4-8-5;/h3-4H,1-2H3;1H. The minimum Gasteiger partial charge on any atom is -0.354 e. The lowest BCUT2D eigenvalue weighted by molar-refractivity contribution is 1.10. The second-order valence-electron chi connectivity index (χ2n) is 1.71. The third-order valence-corrected chi connectivity index (χ3v) is 1.74. The fourth-order valence-electron chi connectivity index (χ4n) is 0.437. The average molecular weight is 165 g/mol. The summed E-state index contributed by atoms with van der Waals surface area (Å²) in [6.07, 6.45) is 1.81. The highest BCUT2D eigenvalue weighted by Crippen LogP contribution is 2.12. The molecule has 1 rings (SSSR count). The SMILES string of the molecule is CN(C)c1nccs1.Cl. The number of hydrogen-bond donors (Lipinski definition) is 0. The maximum atomic E-state index is 4.06. The van der Waals surface area contributed by atoms with Crippen LogP contribution < -0.4 is 4.90 Å². The monoisotopic (exact) mass is 164 g/mol. The van der Waals surface area contributed by atoms with Gasteiger partial charge in [-0.25, -0.2) is 4.98 Å². The number of nitrogens with zero attached hydrogens (tertiary/aromatic N) is 2. The first-order valence-corrected chi connectivity index (χ1v) is 3.25. The van der Waals surface area contributed by atoms with Gasteiger partial charge in [0.2, 0.25) is 0 Å². The minimum absolute atomic E-state index is 0.